The lowest BCUT2D eigenvalue weighted by molar-refractivity contribution is -0.142. The number of amides is 2. The number of nitrogen functional groups attached to an aromatic ring is 1. The number of ether oxygens (including phenoxy) is 1. The number of para-hydroxylation sites is 1. The lowest BCUT2D eigenvalue weighted by Crippen LogP contribution is -2.48. The number of benzene rings is 2. The molecule has 2 aromatic rings. The molecule has 1 aliphatic rings. The molecule has 2 aromatic carbocycles. The molecule has 1 heterocycles. The largest absolute Gasteiger partial charge is 0.481 e. The topological polar surface area (TPSA) is 163 Å². The van der Waals surface area contributed by atoms with E-state index in [4.69, 9.17) is 21.0 Å². The van der Waals surface area contributed by atoms with Crippen molar-refractivity contribution in [3.8, 4) is 5.75 Å². The van der Waals surface area contributed by atoms with Crippen LogP contribution >= 0.6 is 0 Å². The number of amidine groups is 1. The van der Waals surface area contributed by atoms with Crippen LogP contribution in [0.1, 0.15) is 41.6 Å². The molecule has 1 aliphatic heterocycles. The van der Waals surface area contributed by atoms with Crippen LogP contribution in [0.2, 0.25) is 0 Å². The molecule has 0 aliphatic carbocycles. The van der Waals surface area contributed by atoms with Gasteiger partial charge < -0.3 is 25.8 Å². The Hall–Kier alpha value is -4.21. The second-order valence-corrected chi connectivity index (χ2v) is 8.38. The van der Waals surface area contributed by atoms with Gasteiger partial charge in [0.05, 0.1) is 6.42 Å². The summed E-state index contributed by atoms with van der Waals surface area (Å²) in [6, 6.07) is 13.1. The maximum Gasteiger partial charge on any atom is 0.334 e. The highest BCUT2D eigenvalue weighted by Gasteiger charge is 2.31. The van der Waals surface area contributed by atoms with Gasteiger partial charge in [-0.05, 0) is 43.0 Å². The average molecular weight is 481 g/mol. The fourth-order valence-corrected chi connectivity index (χ4v) is 3.85. The van der Waals surface area contributed by atoms with Crippen LogP contribution < -0.4 is 15.8 Å². The number of carbonyl (C=O) groups excluding carboxylic acids is 3. The lowest BCUT2D eigenvalue weighted by atomic mass is 9.93. The molecule has 10 nitrogen and oxygen atoms in total. The van der Waals surface area contributed by atoms with Gasteiger partial charge in [-0.25, -0.2) is 4.79 Å². The second kappa shape index (κ2) is 11.8. The van der Waals surface area contributed by atoms with E-state index in [1.807, 2.05) is 0 Å². The van der Waals surface area contributed by atoms with Gasteiger partial charge in [0.15, 0.2) is 0 Å². The first-order chi connectivity index (χ1) is 16.7. The van der Waals surface area contributed by atoms with Crippen molar-refractivity contribution < 1.29 is 29.0 Å². The van der Waals surface area contributed by atoms with Crippen molar-refractivity contribution in [2.45, 2.75) is 31.7 Å². The number of piperidine rings is 1. The third-order valence-electron chi connectivity index (χ3n) is 5.82. The monoisotopic (exact) mass is 480 g/mol. The third kappa shape index (κ3) is 7.39. The number of rotatable bonds is 9. The van der Waals surface area contributed by atoms with Crippen molar-refractivity contribution >= 4 is 29.6 Å². The molecule has 0 bridgehead atoms. The Morgan fingerprint density at radius 1 is 1.03 bits per heavy atom. The van der Waals surface area contributed by atoms with Gasteiger partial charge in [-0.15, -0.1) is 0 Å². The van der Waals surface area contributed by atoms with Crippen molar-refractivity contribution in [2.24, 2.45) is 11.7 Å². The summed E-state index contributed by atoms with van der Waals surface area (Å²) in [5, 5.41) is 19.0. The number of esters is 1. The number of aliphatic carboxylic acids is 1. The zero-order valence-electron chi connectivity index (χ0n) is 19.1. The maximum absolute atomic E-state index is 12.9. The van der Waals surface area contributed by atoms with Gasteiger partial charge >= 0.3 is 11.9 Å². The van der Waals surface area contributed by atoms with Crippen LogP contribution in [0.3, 0.4) is 0 Å². The molecule has 0 radical (unpaired) electrons. The second-order valence-electron chi connectivity index (χ2n) is 8.38. The number of nitrogens with two attached hydrogens (primary N) is 1. The number of nitrogens with zero attached hydrogens (tertiary/aromatic N) is 1. The SMILES string of the molecule is N=C(N)c1ccc(C(=O)N[C@@H](CC(=O)N2CCC(CC(=O)O)CC2)C(=O)Oc2ccccc2)cc1. The number of hydrogen-bond donors (Lipinski definition) is 4. The van der Waals surface area contributed by atoms with Crippen LogP contribution in [-0.2, 0) is 14.4 Å². The van der Waals surface area contributed by atoms with Crippen LogP contribution in [-0.4, -0.2) is 58.7 Å². The van der Waals surface area contributed by atoms with E-state index in [-0.39, 0.29) is 41.8 Å². The van der Waals surface area contributed by atoms with Gasteiger partial charge in [0.2, 0.25) is 5.91 Å². The number of nitrogens with one attached hydrogen (secondary N) is 2. The van der Waals surface area contributed by atoms with E-state index < -0.39 is 23.9 Å². The molecule has 0 aromatic heterocycles. The van der Waals surface area contributed by atoms with Gasteiger partial charge in [0, 0.05) is 30.6 Å². The summed E-state index contributed by atoms with van der Waals surface area (Å²) < 4.78 is 5.38. The molecule has 0 unspecified atom stereocenters. The number of carbonyl (C=O) groups is 4. The number of carboxylic acid groups (broad SMARTS) is 1. The average Bonchev–Trinajstić information content (AvgIpc) is 2.84. The van der Waals surface area contributed by atoms with Crippen LogP contribution in [0.25, 0.3) is 0 Å². The summed E-state index contributed by atoms with van der Waals surface area (Å²) in [6.07, 6.45) is 0.886. The Morgan fingerprint density at radius 3 is 2.20 bits per heavy atom. The Kier molecular flexibility index (Phi) is 8.55. The minimum Gasteiger partial charge on any atom is -0.481 e. The van der Waals surface area contributed by atoms with E-state index in [1.165, 1.54) is 24.3 Å². The Labute approximate surface area is 202 Å². The van der Waals surface area contributed by atoms with Crippen molar-refractivity contribution in [1.82, 2.24) is 10.2 Å². The van der Waals surface area contributed by atoms with E-state index in [0.717, 1.165) is 0 Å². The Balaban J connectivity index is 1.69. The predicted octanol–water partition coefficient (Wildman–Crippen LogP) is 1.78. The van der Waals surface area contributed by atoms with Crippen molar-refractivity contribution in [1.29, 1.82) is 5.41 Å². The molecule has 10 heteroatoms. The summed E-state index contributed by atoms with van der Waals surface area (Å²) in [7, 11) is 0. The van der Waals surface area contributed by atoms with Crippen LogP contribution in [0.15, 0.2) is 54.6 Å². The molecule has 35 heavy (non-hydrogen) atoms. The molecule has 1 saturated heterocycles. The van der Waals surface area contributed by atoms with Crippen LogP contribution in [0.5, 0.6) is 5.75 Å². The minimum absolute atomic E-state index is 0.00747. The number of hydrogen-bond acceptors (Lipinski definition) is 6. The quantitative estimate of drug-likeness (QED) is 0.184. The zero-order chi connectivity index (χ0) is 25.4. The summed E-state index contributed by atoms with van der Waals surface area (Å²) in [4.78, 5) is 51.2. The molecule has 184 valence electrons. The Bertz CT molecular complexity index is 1080. The fourth-order valence-electron chi connectivity index (χ4n) is 3.85. The van der Waals surface area contributed by atoms with Gasteiger partial charge in [0.1, 0.15) is 17.6 Å². The first-order valence-electron chi connectivity index (χ1n) is 11.2. The molecule has 0 saturated carbocycles. The first-order valence-corrected chi connectivity index (χ1v) is 11.2. The van der Waals surface area contributed by atoms with Crippen LogP contribution in [0.4, 0.5) is 0 Å². The van der Waals surface area contributed by atoms with Gasteiger partial charge in [-0.1, -0.05) is 30.3 Å². The molecular weight excluding hydrogens is 452 g/mol. The van der Waals surface area contributed by atoms with Gasteiger partial charge in [-0.2, -0.15) is 0 Å². The van der Waals surface area contributed by atoms with E-state index in [0.29, 0.717) is 31.5 Å². The highest BCUT2D eigenvalue weighted by atomic mass is 16.5. The van der Waals surface area contributed by atoms with Crippen molar-refractivity contribution in [2.75, 3.05) is 13.1 Å². The van der Waals surface area contributed by atoms with E-state index in [1.54, 1.807) is 35.2 Å². The standard InChI is InChI=1S/C25H28N4O6/c26-23(27)17-6-8-18(9-7-17)24(33)28-20(25(34)35-19-4-2-1-3-5-19)15-21(30)29-12-10-16(11-13-29)14-22(31)32/h1-9,16,20H,10-15H2,(H3,26,27)(H,28,33)(H,31,32)/t20-/m0/s1. The minimum atomic E-state index is -1.24. The molecule has 1 fully saturated rings. The normalized spacial score (nSPS) is 14.6. The zero-order valence-corrected chi connectivity index (χ0v) is 19.1. The van der Waals surface area contributed by atoms with E-state index in [2.05, 4.69) is 5.32 Å². The predicted molar refractivity (Wildman–Crippen MR) is 127 cm³/mol. The summed E-state index contributed by atoms with van der Waals surface area (Å²) >= 11 is 0. The fraction of sp³-hybridized carbons (Fsp3) is 0.320. The highest BCUT2D eigenvalue weighted by molar-refractivity contribution is 6.00. The summed E-state index contributed by atoms with van der Waals surface area (Å²) in [5.41, 5.74) is 6.12. The lowest BCUT2D eigenvalue weighted by Gasteiger charge is -2.32. The van der Waals surface area contributed by atoms with Crippen LogP contribution in [0, 0.1) is 11.3 Å². The van der Waals surface area contributed by atoms with E-state index >= 15 is 0 Å². The van der Waals surface area contributed by atoms with Gasteiger partial charge in [-0.3, -0.25) is 19.8 Å². The number of likely N-dealkylation sites (tertiary alicyclic amines) is 1. The smallest absolute Gasteiger partial charge is 0.334 e. The Morgan fingerprint density at radius 2 is 1.63 bits per heavy atom. The third-order valence-corrected chi connectivity index (χ3v) is 5.82. The first kappa shape index (κ1) is 25.4. The number of carboxylic acids is 1. The molecule has 1 atom stereocenters. The molecule has 2 amide bonds. The van der Waals surface area contributed by atoms with Crippen molar-refractivity contribution in [3.05, 3.63) is 65.7 Å². The van der Waals surface area contributed by atoms with Gasteiger partial charge in [0.25, 0.3) is 5.91 Å². The van der Waals surface area contributed by atoms with Crippen molar-refractivity contribution in [3.63, 3.8) is 0 Å². The maximum atomic E-state index is 12.9. The molecule has 5 N–H and O–H groups in total. The molecular formula is C25H28N4O6. The summed E-state index contributed by atoms with van der Waals surface area (Å²) in [6.45, 7) is 0.773. The van der Waals surface area contributed by atoms with E-state index in [9.17, 15) is 19.2 Å². The highest BCUT2D eigenvalue weighted by Crippen LogP contribution is 2.21. The summed E-state index contributed by atoms with van der Waals surface area (Å²) in [5.74, 6) is -2.41. The molecule has 3 rings (SSSR count). The molecule has 0 spiro atoms.